The van der Waals surface area contributed by atoms with Gasteiger partial charge < -0.3 is 15.0 Å². The van der Waals surface area contributed by atoms with Gasteiger partial charge in [0.05, 0.1) is 12.6 Å². The van der Waals surface area contributed by atoms with Crippen LogP contribution in [-0.2, 0) is 13.1 Å². The number of nitrogens with one attached hydrogen (secondary N) is 1. The van der Waals surface area contributed by atoms with Gasteiger partial charge in [0.1, 0.15) is 5.82 Å². The summed E-state index contributed by atoms with van der Waals surface area (Å²) in [6, 6.07) is 12.8. The minimum absolute atomic E-state index is 0.0915. The van der Waals surface area contributed by atoms with E-state index in [1.165, 1.54) is 22.0 Å². The van der Waals surface area contributed by atoms with Gasteiger partial charge in [0.2, 0.25) is 0 Å². The number of H-pyrrole nitrogens is 1. The van der Waals surface area contributed by atoms with Gasteiger partial charge in [0.15, 0.2) is 0 Å². The molecular weight excluding hydrogens is 324 g/mol. The summed E-state index contributed by atoms with van der Waals surface area (Å²) in [5.41, 5.74) is 4.73. The largest absolute Gasteiger partial charge is 0.394 e. The first-order chi connectivity index (χ1) is 12.7. The van der Waals surface area contributed by atoms with E-state index in [1.54, 1.807) is 0 Å². The van der Waals surface area contributed by atoms with E-state index in [1.807, 2.05) is 14.0 Å². The Morgan fingerprint density at radius 1 is 1.23 bits per heavy atom. The molecule has 26 heavy (non-hydrogen) atoms. The monoisotopic (exact) mass is 350 g/mol. The summed E-state index contributed by atoms with van der Waals surface area (Å²) in [5, 5.41) is 11.1. The van der Waals surface area contributed by atoms with Crippen LogP contribution in [0, 0.1) is 6.92 Å². The predicted molar refractivity (Wildman–Crippen MR) is 105 cm³/mol. The van der Waals surface area contributed by atoms with Crippen molar-refractivity contribution in [3.63, 3.8) is 0 Å². The lowest BCUT2D eigenvalue weighted by Gasteiger charge is -2.35. The zero-order valence-corrected chi connectivity index (χ0v) is 15.4. The molecule has 136 valence electrons. The second-order valence-corrected chi connectivity index (χ2v) is 7.24. The van der Waals surface area contributed by atoms with Gasteiger partial charge in [0.25, 0.3) is 0 Å². The van der Waals surface area contributed by atoms with E-state index in [0.29, 0.717) is 0 Å². The summed E-state index contributed by atoms with van der Waals surface area (Å²) in [7, 11) is 2.04. The number of rotatable bonds is 3. The second kappa shape index (κ2) is 7.09. The second-order valence-electron chi connectivity index (χ2n) is 7.24. The first kappa shape index (κ1) is 17.1. The van der Waals surface area contributed by atoms with Gasteiger partial charge in [-0.15, -0.1) is 0 Å². The summed E-state index contributed by atoms with van der Waals surface area (Å²) >= 11 is 0. The number of hydrogen-bond acceptors (Lipinski definition) is 4. The standard InChI is InChI=1S/C21H26N4O/c1-15-7-8-16-12-25(10-9-18(14-26)24(2)21(16)23-15)13-17-11-22-20-6-4-3-5-19(17)20/h3-8,11,18,22,26H,9-10,12-14H2,1-2H3. The van der Waals surface area contributed by atoms with E-state index < -0.39 is 0 Å². The van der Waals surface area contributed by atoms with Crippen molar-refractivity contribution in [2.45, 2.75) is 32.5 Å². The van der Waals surface area contributed by atoms with Gasteiger partial charge in [-0.05, 0) is 31.0 Å². The molecule has 5 heteroatoms. The normalized spacial score (nSPS) is 18.6. The van der Waals surface area contributed by atoms with E-state index in [2.05, 4.69) is 57.4 Å². The van der Waals surface area contributed by atoms with Crippen LogP contribution in [0.3, 0.4) is 0 Å². The molecule has 0 radical (unpaired) electrons. The number of likely N-dealkylation sites (N-methyl/N-ethyl adjacent to an activating group) is 1. The highest BCUT2D eigenvalue weighted by atomic mass is 16.3. The quantitative estimate of drug-likeness (QED) is 0.762. The van der Waals surface area contributed by atoms with E-state index >= 15 is 0 Å². The van der Waals surface area contributed by atoms with Crippen LogP contribution in [0.4, 0.5) is 5.82 Å². The minimum Gasteiger partial charge on any atom is -0.394 e. The van der Waals surface area contributed by atoms with Crippen molar-refractivity contribution in [3.05, 3.63) is 59.4 Å². The molecule has 1 aromatic carbocycles. The van der Waals surface area contributed by atoms with Crippen LogP contribution < -0.4 is 4.90 Å². The molecular formula is C21H26N4O. The van der Waals surface area contributed by atoms with Crippen molar-refractivity contribution in [1.29, 1.82) is 0 Å². The predicted octanol–water partition coefficient (Wildman–Crippen LogP) is 3.07. The molecule has 5 nitrogen and oxygen atoms in total. The Morgan fingerprint density at radius 3 is 2.92 bits per heavy atom. The molecule has 0 spiro atoms. The minimum atomic E-state index is 0.0915. The van der Waals surface area contributed by atoms with Crippen LogP contribution in [0.5, 0.6) is 0 Å². The summed E-state index contributed by atoms with van der Waals surface area (Å²) < 4.78 is 0. The van der Waals surface area contributed by atoms with Crippen molar-refractivity contribution < 1.29 is 5.11 Å². The maximum atomic E-state index is 9.86. The number of aliphatic hydroxyl groups excluding tert-OH is 1. The van der Waals surface area contributed by atoms with Crippen LogP contribution in [0.2, 0.25) is 0 Å². The molecule has 1 aliphatic heterocycles. The molecule has 0 aliphatic carbocycles. The number of aryl methyl sites for hydroxylation is 1. The zero-order valence-electron chi connectivity index (χ0n) is 15.4. The third-order valence-electron chi connectivity index (χ3n) is 5.43. The molecule has 0 bridgehead atoms. The van der Waals surface area contributed by atoms with Gasteiger partial charge in [0, 0.05) is 55.0 Å². The molecule has 1 aliphatic rings. The fraction of sp³-hybridized carbons (Fsp3) is 0.381. The number of aromatic nitrogens is 2. The highest BCUT2D eigenvalue weighted by molar-refractivity contribution is 5.82. The highest BCUT2D eigenvalue weighted by Gasteiger charge is 2.24. The average Bonchev–Trinajstić information content (AvgIpc) is 3.05. The van der Waals surface area contributed by atoms with Crippen LogP contribution in [0.15, 0.2) is 42.6 Å². The Kier molecular flexibility index (Phi) is 4.66. The number of hydrogen-bond donors (Lipinski definition) is 2. The first-order valence-electron chi connectivity index (χ1n) is 9.23. The smallest absolute Gasteiger partial charge is 0.133 e. The maximum absolute atomic E-state index is 9.86. The number of aromatic amines is 1. The van der Waals surface area contributed by atoms with Crippen molar-refractivity contribution in [3.8, 4) is 0 Å². The van der Waals surface area contributed by atoms with Crippen molar-refractivity contribution >= 4 is 16.7 Å². The number of pyridine rings is 1. The number of nitrogens with zero attached hydrogens (tertiary/aromatic N) is 3. The van der Waals surface area contributed by atoms with Crippen LogP contribution in [0.1, 0.15) is 23.2 Å². The van der Waals surface area contributed by atoms with E-state index in [9.17, 15) is 5.11 Å². The number of benzene rings is 1. The summed E-state index contributed by atoms with van der Waals surface area (Å²) in [6.45, 7) is 4.86. The Hall–Kier alpha value is -2.37. The molecule has 0 amide bonds. The van der Waals surface area contributed by atoms with Gasteiger partial charge in [-0.25, -0.2) is 4.98 Å². The molecule has 3 aromatic rings. The van der Waals surface area contributed by atoms with Crippen molar-refractivity contribution in [2.75, 3.05) is 25.1 Å². The van der Waals surface area contributed by atoms with Crippen LogP contribution in [-0.4, -0.2) is 46.2 Å². The highest BCUT2D eigenvalue weighted by Crippen LogP contribution is 2.27. The number of fused-ring (bicyclic) bond motifs is 2. The zero-order chi connectivity index (χ0) is 18.1. The van der Waals surface area contributed by atoms with Crippen LogP contribution >= 0.6 is 0 Å². The molecule has 2 N–H and O–H groups in total. The van der Waals surface area contributed by atoms with E-state index in [0.717, 1.165) is 37.6 Å². The Morgan fingerprint density at radius 2 is 2.08 bits per heavy atom. The number of anilines is 1. The Labute approximate surface area is 154 Å². The maximum Gasteiger partial charge on any atom is 0.133 e. The van der Waals surface area contributed by atoms with Crippen molar-refractivity contribution in [1.82, 2.24) is 14.9 Å². The van der Waals surface area contributed by atoms with Gasteiger partial charge in [-0.3, -0.25) is 4.90 Å². The lowest BCUT2D eigenvalue weighted by atomic mass is 10.1. The van der Waals surface area contributed by atoms with E-state index in [4.69, 9.17) is 4.98 Å². The topological polar surface area (TPSA) is 55.4 Å². The molecule has 3 heterocycles. The molecule has 0 fully saturated rings. The third kappa shape index (κ3) is 3.20. The summed E-state index contributed by atoms with van der Waals surface area (Å²) in [6.07, 6.45) is 3.04. The summed E-state index contributed by atoms with van der Waals surface area (Å²) in [5.74, 6) is 0.993. The summed E-state index contributed by atoms with van der Waals surface area (Å²) in [4.78, 5) is 12.7. The SMILES string of the molecule is Cc1ccc2c(n1)N(C)C(CO)CCN(Cc1c[nH]c3ccccc13)C2. The fourth-order valence-corrected chi connectivity index (χ4v) is 3.87. The molecule has 0 saturated heterocycles. The van der Waals surface area contributed by atoms with Gasteiger partial charge in [-0.1, -0.05) is 24.3 Å². The number of aliphatic hydroxyl groups is 1. The van der Waals surface area contributed by atoms with Gasteiger partial charge in [-0.2, -0.15) is 0 Å². The fourth-order valence-electron chi connectivity index (χ4n) is 3.87. The Bertz CT molecular complexity index is 904. The lowest BCUT2D eigenvalue weighted by molar-refractivity contribution is 0.206. The molecule has 1 atom stereocenters. The average molecular weight is 350 g/mol. The van der Waals surface area contributed by atoms with E-state index in [-0.39, 0.29) is 12.6 Å². The van der Waals surface area contributed by atoms with Gasteiger partial charge >= 0.3 is 0 Å². The lowest BCUT2D eigenvalue weighted by Crippen LogP contribution is -2.41. The molecule has 1 unspecified atom stereocenters. The van der Waals surface area contributed by atoms with Crippen molar-refractivity contribution in [2.24, 2.45) is 0 Å². The Balaban J connectivity index is 1.65. The number of para-hydroxylation sites is 1. The first-order valence-corrected chi connectivity index (χ1v) is 9.23. The third-order valence-corrected chi connectivity index (χ3v) is 5.43. The molecule has 2 aromatic heterocycles. The van der Waals surface area contributed by atoms with Crippen LogP contribution in [0.25, 0.3) is 10.9 Å². The molecule has 0 saturated carbocycles. The molecule has 4 rings (SSSR count).